The van der Waals surface area contributed by atoms with Crippen molar-refractivity contribution in [1.82, 2.24) is 0 Å². The molecule has 7 heteroatoms. The van der Waals surface area contributed by atoms with E-state index in [1.165, 1.54) is 6.07 Å². The Balaban J connectivity index is 2.65. The summed E-state index contributed by atoms with van der Waals surface area (Å²) in [5.74, 6) is 0.0248. The molecule has 1 aromatic carbocycles. The lowest BCUT2D eigenvalue weighted by atomic mass is 9.94. The number of hydrogen-bond donors (Lipinski definition) is 2. The van der Waals surface area contributed by atoms with Crippen molar-refractivity contribution in [3.05, 3.63) is 29.3 Å². The van der Waals surface area contributed by atoms with Crippen molar-refractivity contribution >= 4 is 10.1 Å². The van der Waals surface area contributed by atoms with E-state index in [2.05, 4.69) is 9.93 Å². The average molecular weight is 318 g/mol. The summed E-state index contributed by atoms with van der Waals surface area (Å²) < 4.78 is 32.1. The molecule has 1 unspecified atom stereocenters. The van der Waals surface area contributed by atoms with Gasteiger partial charge in [0.15, 0.2) is 0 Å². The number of aryl methyl sites for hydroxylation is 1. The molecule has 0 aliphatic heterocycles. The van der Waals surface area contributed by atoms with Crippen LogP contribution in [0.2, 0.25) is 0 Å². The van der Waals surface area contributed by atoms with Crippen LogP contribution >= 0.6 is 0 Å². The number of hydrogen-bond acceptors (Lipinski definition) is 5. The second kappa shape index (κ2) is 8.45. The zero-order chi connectivity index (χ0) is 15.9. The summed E-state index contributed by atoms with van der Waals surface area (Å²) >= 11 is 0. The lowest BCUT2D eigenvalue weighted by molar-refractivity contribution is -0.490. The van der Waals surface area contributed by atoms with Crippen LogP contribution in [-0.4, -0.2) is 24.8 Å². The third kappa shape index (κ3) is 6.11. The van der Waals surface area contributed by atoms with Gasteiger partial charge in [0.25, 0.3) is 10.1 Å². The Hall–Kier alpha value is -0.990. The Morgan fingerprint density at radius 2 is 1.95 bits per heavy atom. The van der Waals surface area contributed by atoms with Crippen LogP contribution in [0.5, 0.6) is 0 Å². The molecule has 0 bridgehead atoms. The molecule has 0 aromatic heterocycles. The highest BCUT2D eigenvalue weighted by molar-refractivity contribution is 7.85. The van der Waals surface area contributed by atoms with E-state index in [9.17, 15) is 13.0 Å². The standard InChI is InChI=1S/C14H22O6S/c1-11-7-8-14(21(16,17)18)13(10-11)12(2)6-4-3-5-9-19-20-15/h7-8,10,12,15H,3-6,9H2,1-2H3,(H,16,17,18). The first-order valence-corrected chi connectivity index (χ1v) is 8.31. The van der Waals surface area contributed by atoms with E-state index in [0.717, 1.165) is 31.2 Å². The molecule has 0 spiro atoms. The van der Waals surface area contributed by atoms with Crippen molar-refractivity contribution in [3.63, 3.8) is 0 Å². The van der Waals surface area contributed by atoms with Crippen molar-refractivity contribution in [2.75, 3.05) is 6.61 Å². The molecule has 1 atom stereocenters. The van der Waals surface area contributed by atoms with Gasteiger partial charge in [-0.25, -0.2) is 10.1 Å². The molecule has 2 N–H and O–H groups in total. The van der Waals surface area contributed by atoms with E-state index in [4.69, 9.17) is 5.26 Å². The van der Waals surface area contributed by atoms with Gasteiger partial charge in [0.2, 0.25) is 0 Å². The summed E-state index contributed by atoms with van der Waals surface area (Å²) in [4.78, 5) is 4.33. The number of benzene rings is 1. The Morgan fingerprint density at radius 1 is 1.24 bits per heavy atom. The van der Waals surface area contributed by atoms with Gasteiger partial charge in [0.1, 0.15) is 0 Å². The summed E-state index contributed by atoms with van der Waals surface area (Å²) in [5.41, 5.74) is 1.60. The van der Waals surface area contributed by atoms with Crippen molar-refractivity contribution in [2.24, 2.45) is 0 Å². The Morgan fingerprint density at radius 3 is 2.57 bits per heavy atom. The maximum absolute atomic E-state index is 11.4. The highest BCUT2D eigenvalue weighted by Crippen LogP contribution is 2.29. The molecule has 21 heavy (non-hydrogen) atoms. The maximum Gasteiger partial charge on any atom is 0.294 e. The summed E-state index contributed by atoms with van der Waals surface area (Å²) in [6.45, 7) is 4.14. The summed E-state index contributed by atoms with van der Waals surface area (Å²) in [6.07, 6.45) is 3.30. The Labute approximate surface area is 125 Å². The van der Waals surface area contributed by atoms with Crippen LogP contribution in [0.4, 0.5) is 0 Å². The topological polar surface area (TPSA) is 93.1 Å². The largest absolute Gasteiger partial charge is 0.294 e. The fourth-order valence-electron chi connectivity index (χ4n) is 2.27. The summed E-state index contributed by atoms with van der Waals surface area (Å²) in [5, 5.41) is 11.5. The zero-order valence-corrected chi connectivity index (χ0v) is 13.1. The quantitative estimate of drug-likeness (QED) is 0.314. The van der Waals surface area contributed by atoms with E-state index in [-0.39, 0.29) is 10.8 Å². The van der Waals surface area contributed by atoms with E-state index in [1.54, 1.807) is 12.1 Å². The fourth-order valence-corrected chi connectivity index (χ4v) is 3.07. The van der Waals surface area contributed by atoms with E-state index in [0.29, 0.717) is 12.2 Å². The molecule has 1 rings (SSSR count). The number of rotatable bonds is 9. The van der Waals surface area contributed by atoms with Crippen LogP contribution in [0.1, 0.15) is 49.7 Å². The monoisotopic (exact) mass is 318 g/mol. The molecule has 1 aromatic rings. The maximum atomic E-state index is 11.4. The highest BCUT2D eigenvalue weighted by Gasteiger charge is 2.19. The zero-order valence-electron chi connectivity index (χ0n) is 12.3. The van der Waals surface area contributed by atoms with Crippen molar-refractivity contribution in [3.8, 4) is 0 Å². The molecule has 0 fully saturated rings. The van der Waals surface area contributed by atoms with Gasteiger partial charge in [0.05, 0.1) is 11.5 Å². The average Bonchev–Trinajstić information content (AvgIpc) is 2.41. The van der Waals surface area contributed by atoms with Crippen LogP contribution in [0.25, 0.3) is 0 Å². The predicted molar refractivity (Wildman–Crippen MR) is 77.5 cm³/mol. The van der Waals surface area contributed by atoms with E-state index >= 15 is 0 Å². The van der Waals surface area contributed by atoms with Crippen LogP contribution in [-0.2, 0) is 20.0 Å². The molecule has 0 radical (unpaired) electrons. The van der Waals surface area contributed by atoms with Gasteiger partial charge in [0, 0.05) is 0 Å². The molecule has 0 heterocycles. The Kier molecular flexibility index (Phi) is 7.27. The van der Waals surface area contributed by atoms with Crippen LogP contribution in [0.15, 0.2) is 23.1 Å². The molecule has 0 saturated carbocycles. The van der Waals surface area contributed by atoms with E-state index < -0.39 is 10.1 Å². The second-order valence-corrected chi connectivity index (χ2v) is 6.55. The van der Waals surface area contributed by atoms with Crippen LogP contribution in [0.3, 0.4) is 0 Å². The fraction of sp³-hybridized carbons (Fsp3) is 0.571. The normalized spacial score (nSPS) is 13.3. The molecule has 6 nitrogen and oxygen atoms in total. The van der Waals surface area contributed by atoms with Crippen molar-refractivity contribution < 1.29 is 28.2 Å². The van der Waals surface area contributed by atoms with Crippen LogP contribution in [0, 0.1) is 6.92 Å². The molecular formula is C14H22O6S. The van der Waals surface area contributed by atoms with E-state index in [1.807, 2.05) is 13.8 Å². The minimum absolute atomic E-state index is 0.0161. The van der Waals surface area contributed by atoms with Gasteiger partial charge in [-0.05, 0) is 37.3 Å². The van der Waals surface area contributed by atoms with Crippen molar-refractivity contribution in [1.29, 1.82) is 0 Å². The van der Waals surface area contributed by atoms with Crippen LogP contribution < -0.4 is 0 Å². The Bertz CT molecular complexity index is 540. The lowest BCUT2D eigenvalue weighted by Gasteiger charge is -2.16. The molecule has 0 aliphatic rings. The predicted octanol–water partition coefficient (Wildman–Crippen LogP) is 3.33. The summed E-state index contributed by atoms with van der Waals surface area (Å²) in [6, 6.07) is 4.92. The molecule has 0 amide bonds. The van der Waals surface area contributed by atoms with Gasteiger partial charge in [-0.2, -0.15) is 8.42 Å². The third-order valence-corrected chi connectivity index (χ3v) is 4.32. The molecule has 0 saturated heterocycles. The second-order valence-electron chi connectivity index (χ2n) is 5.16. The smallest absolute Gasteiger partial charge is 0.282 e. The third-order valence-electron chi connectivity index (χ3n) is 3.39. The molecule has 120 valence electrons. The van der Waals surface area contributed by atoms with Gasteiger partial charge >= 0.3 is 0 Å². The van der Waals surface area contributed by atoms with Crippen molar-refractivity contribution in [2.45, 2.75) is 50.3 Å². The first kappa shape index (κ1) is 18.1. The molecule has 0 aliphatic carbocycles. The van der Waals surface area contributed by atoms with Gasteiger partial charge in [-0.3, -0.25) is 4.55 Å². The van der Waals surface area contributed by atoms with Gasteiger partial charge in [-0.1, -0.05) is 42.5 Å². The molecular weight excluding hydrogens is 296 g/mol. The van der Waals surface area contributed by atoms with Gasteiger partial charge in [-0.15, -0.1) is 0 Å². The first-order chi connectivity index (χ1) is 9.86. The van der Waals surface area contributed by atoms with Gasteiger partial charge < -0.3 is 0 Å². The lowest BCUT2D eigenvalue weighted by Crippen LogP contribution is -2.06. The highest BCUT2D eigenvalue weighted by atomic mass is 32.2. The minimum atomic E-state index is -4.20. The summed E-state index contributed by atoms with van der Waals surface area (Å²) in [7, 11) is -4.20. The first-order valence-electron chi connectivity index (χ1n) is 6.87. The number of unbranched alkanes of at least 4 members (excludes halogenated alkanes) is 2. The minimum Gasteiger partial charge on any atom is -0.282 e. The SMILES string of the molecule is Cc1ccc(S(=O)(=O)O)c(C(C)CCCCCOOO)c1.